The highest BCUT2D eigenvalue weighted by atomic mass is 35.5. The molecule has 0 saturated carbocycles. The van der Waals surface area contributed by atoms with Crippen LogP contribution in [-0.4, -0.2) is 5.78 Å². The molecule has 0 radical (unpaired) electrons. The molecule has 0 amide bonds. The molecule has 2 aromatic carbocycles. The van der Waals surface area contributed by atoms with Crippen LogP contribution in [0.1, 0.15) is 40.7 Å². The number of halogens is 1. The number of anilines is 1. The van der Waals surface area contributed by atoms with Gasteiger partial charge in [-0.3, -0.25) is 4.79 Å². The summed E-state index contributed by atoms with van der Waals surface area (Å²) in [5.41, 5.74) is 9.17. The van der Waals surface area contributed by atoms with Crippen LogP contribution < -0.4 is 5.73 Å². The van der Waals surface area contributed by atoms with Gasteiger partial charge < -0.3 is 5.73 Å². The van der Waals surface area contributed by atoms with Gasteiger partial charge in [-0.05, 0) is 42.2 Å². The first-order valence-electron chi connectivity index (χ1n) is 6.62. The molecule has 2 rings (SSSR count). The summed E-state index contributed by atoms with van der Waals surface area (Å²) >= 11 is 6.06. The number of hydrogen-bond acceptors (Lipinski definition) is 2. The minimum atomic E-state index is 0.108. The number of ketones is 1. The van der Waals surface area contributed by atoms with E-state index in [4.69, 9.17) is 17.3 Å². The van der Waals surface area contributed by atoms with Crippen molar-refractivity contribution < 1.29 is 4.79 Å². The lowest BCUT2D eigenvalue weighted by molar-refractivity contribution is 0.0975. The van der Waals surface area contributed by atoms with E-state index in [0.717, 1.165) is 16.8 Å². The number of nitrogens with two attached hydrogens (primary N) is 1. The Labute approximate surface area is 124 Å². The largest absolute Gasteiger partial charge is 0.399 e. The lowest BCUT2D eigenvalue weighted by Crippen LogP contribution is -2.05. The van der Waals surface area contributed by atoms with Crippen molar-refractivity contribution in [2.45, 2.75) is 26.2 Å². The first-order valence-corrected chi connectivity index (χ1v) is 7.00. The molecule has 0 saturated heterocycles. The molecule has 2 aromatic rings. The van der Waals surface area contributed by atoms with Crippen LogP contribution in [0.25, 0.3) is 0 Å². The molecule has 0 spiro atoms. The van der Waals surface area contributed by atoms with Crippen LogP contribution in [0.5, 0.6) is 0 Å². The average molecular weight is 288 g/mol. The zero-order valence-electron chi connectivity index (χ0n) is 11.7. The van der Waals surface area contributed by atoms with E-state index in [-0.39, 0.29) is 11.7 Å². The highest BCUT2D eigenvalue weighted by Crippen LogP contribution is 2.24. The smallest absolute Gasteiger partial charge is 0.163 e. The van der Waals surface area contributed by atoms with Gasteiger partial charge in [-0.15, -0.1) is 0 Å². The summed E-state index contributed by atoms with van der Waals surface area (Å²) in [6, 6.07) is 13.1. The standard InChI is InChI=1S/C17H18ClNO/c1-11-3-4-14(10-16(11)18)17(20)9-12(2)13-5-7-15(19)8-6-13/h3-8,10,12H,9,19H2,1-2H3. The third-order valence-corrected chi connectivity index (χ3v) is 3.90. The van der Waals surface area contributed by atoms with Crippen molar-refractivity contribution in [2.24, 2.45) is 0 Å². The van der Waals surface area contributed by atoms with Crippen LogP contribution in [0.4, 0.5) is 5.69 Å². The van der Waals surface area contributed by atoms with Crippen LogP contribution in [-0.2, 0) is 0 Å². The van der Waals surface area contributed by atoms with E-state index in [9.17, 15) is 4.79 Å². The van der Waals surface area contributed by atoms with E-state index in [1.165, 1.54) is 0 Å². The molecule has 0 heterocycles. The monoisotopic (exact) mass is 287 g/mol. The molecule has 0 fully saturated rings. The van der Waals surface area contributed by atoms with Crippen molar-refractivity contribution in [1.82, 2.24) is 0 Å². The molecule has 2 N–H and O–H groups in total. The highest BCUT2D eigenvalue weighted by Gasteiger charge is 2.13. The molecular weight excluding hydrogens is 270 g/mol. The quantitative estimate of drug-likeness (QED) is 0.659. The van der Waals surface area contributed by atoms with Gasteiger partial charge in [0.15, 0.2) is 5.78 Å². The van der Waals surface area contributed by atoms with Gasteiger partial charge in [-0.1, -0.05) is 42.8 Å². The van der Waals surface area contributed by atoms with Crippen LogP contribution in [0.3, 0.4) is 0 Å². The first-order chi connectivity index (χ1) is 9.47. The van der Waals surface area contributed by atoms with Crippen LogP contribution in [0.2, 0.25) is 5.02 Å². The first kappa shape index (κ1) is 14.6. The Hall–Kier alpha value is -1.80. The Balaban J connectivity index is 2.10. The molecular formula is C17H18ClNO. The Morgan fingerprint density at radius 1 is 1.20 bits per heavy atom. The van der Waals surface area contributed by atoms with Crippen molar-refractivity contribution in [3.05, 3.63) is 64.2 Å². The number of Topliss-reactive ketones (excluding diaryl/α,β-unsaturated/α-hetero) is 1. The zero-order chi connectivity index (χ0) is 14.7. The van der Waals surface area contributed by atoms with Crippen molar-refractivity contribution in [3.8, 4) is 0 Å². The average Bonchev–Trinajstić information content (AvgIpc) is 2.42. The summed E-state index contributed by atoms with van der Waals surface area (Å²) in [6.45, 7) is 3.97. The number of benzene rings is 2. The minimum Gasteiger partial charge on any atom is -0.399 e. The predicted molar refractivity (Wildman–Crippen MR) is 84.4 cm³/mol. The van der Waals surface area contributed by atoms with E-state index in [2.05, 4.69) is 0 Å². The summed E-state index contributed by atoms with van der Waals surface area (Å²) in [5.74, 6) is 0.263. The SMILES string of the molecule is Cc1ccc(C(=O)CC(C)c2ccc(N)cc2)cc1Cl. The van der Waals surface area contributed by atoms with Crippen molar-refractivity contribution in [1.29, 1.82) is 0 Å². The van der Waals surface area contributed by atoms with E-state index < -0.39 is 0 Å². The lowest BCUT2D eigenvalue weighted by atomic mass is 9.93. The molecule has 0 aliphatic rings. The maximum Gasteiger partial charge on any atom is 0.163 e. The van der Waals surface area contributed by atoms with Gasteiger partial charge in [0, 0.05) is 22.7 Å². The van der Waals surface area contributed by atoms with E-state index >= 15 is 0 Å². The Kier molecular flexibility index (Phi) is 4.46. The van der Waals surface area contributed by atoms with E-state index in [1.54, 1.807) is 6.07 Å². The van der Waals surface area contributed by atoms with Crippen molar-refractivity contribution >= 4 is 23.1 Å². The van der Waals surface area contributed by atoms with Crippen molar-refractivity contribution in [3.63, 3.8) is 0 Å². The summed E-state index contributed by atoms with van der Waals surface area (Å²) < 4.78 is 0. The molecule has 20 heavy (non-hydrogen) atoms. The Morgan fingerprint density at radius 2 is 1.85 bits per heavy atom. The second-order valence-corrected chi connectivity index (χ2v) is 5.57. The van der Waals surface area contributed by atoms with Crippen LogP contribution in [0, 0.1) is 6.92 Å². The fraction of sp³-hybridized carbons (Fsp3) is 0.235. The number of rotatable bonds is 4. The van der Waals surface area contributed by atoms with Crippen LogP contribution in [0.15, 0.2) is 42.5 Å². The topological polar surface area (TPSA) is 43.1 Å². The fourth-order valence-electron chi connectivity index (χ4n) is 2.10. The van der Waals surface area contributed by atoms with Gasteiger partial charge in [0.2, 0.25) is 0 Å². The maximum atomic E-state index is 12.3. The fourth-order valence-corrected chi connectivity index (χ4v) is 2.29. The molecule has 0 bridgehead atoms. The molecule has 0 aliphatic carbocycles. The number of nitrogen functional groups attached to an aromatic ring is 1. The van der Waals surface area contributed by atoms with Gasteiger partial charge >= 0.3 is 0 Å². The third-order valence-electron chi connectivity index (χ3n) is 3.49. The molecule has 1 atom stereocenters. The summed E-state index contributed by atoms with van der Waals surface area (Å²) in [6.07, 6.45) is 0.462. The van der Waals surface area contributed by atoms with Crippen LogP contribution >= 0.6 is 11.6 Å². The number of carbonyl (C=O) groups excluding carboxylic acids is 1. The Bertz CT molecular complexity index is 619. The molecule has 1 unspecified atom stereocenters. The molecule has 0 aliphatic heterocycles. The van der Waals surface area contributed by atoms with E-state index in [0.29, 0.717) is 17.0 Å². The Morgan fingerprint density at radius 3 is 2.45 bits per heavy atom. The molecule has 2 nitrogen and oxygen atoms in total. The zero-order valence-corrected chi connectivity index (χ0v) is 12.4. The van der Waals surface area contributed by atoms with Gasteiger partial charge in [0.05, 0.1) is 0 Å². The van der Waals surface area contributed by atoms with Gasteiger partial charge in [0.25, 0.3) is 0 Å². The van der Waals surface area contributed by atoms with Crippen molar-refractivity contribution in [2.75, 3.05) is 5.73 Å². The third kappa shape index (κ3) is 3.40. The second-order valence-electron chi connectivity index (χ2n) is 5.16. The lowest BCUT2D eigenvalue weighted by Gasteiger charge is -2.12. The normalized spacial score (nSPS) is 12.2. The predicted octanol–water partition coefficient (Wildman–Crippen LogP) is 4.61. The van der Waals surface area contributed by atoms with Gasteiger partial charge in [0.1, 0.15) is 0 Å². The van der Waals surface area contributed by atoms with Gasteiger partial charge in [-0.2, -0.15) is 0 Å². The molecule has 104 valence electrons. The molecule has 0 aromatic heterocycles. The highest BCUT2D eigenvalue weighted by molar-refractivity contribution is 6.31. The summed E-state index contributed by atoms with van der Waals surface area (Å²) in [5, 5.41) is 0.635. The van der Waals surface area contributed by atoms with E-state index in [1.807, 2.05) is 50.2 Å². The number of hydrogen-bond donors (Lipinski definition) is 1. The second kappa shape index (κ2) is 6.10. The van der Waals surface area contributed by atoms with Gasteiger partial charge in [-0.25, -0.2) is 0 Å². The number of carbonyl (C=O) groups is 1. The molecule has 3 heteroatoms. The summed E-state index contributed by atoms with van der Waals surface area (Å²) in [7, 11) is 0. The minimum absolute atomic E-state index is 0.108. The number of aryl methyl sites for hydroxylation is 1. The maximum absolute atomic E-state index is 12.3. The summed E-state index contributed by atoms with van der Waals surface area (Å²) in [4.78, 5) is 12.3.